The number of alkyl halides is 1. The number of hydrogen-bond acceptors (Lipinski definition) is 0. The summed E-state index contributed by atoms with van der Waals surface area (Å²) in [5.74, 6) is 1.15. The topological polar surface area (TPSA) is 0 Å². The first-order valence-corrected chi connectivity index (χ1v) is 8.14. The summed E-state index contributed by atoms with van der Waals surface area (Å²) in [4.78, 5) is 0. The van der Waals surface area contributed by atoms with E-state index >= 15 is 0 Å². The lowest BCUT2D eigenvalue weighted by Crippen LogP contribution is -2.09. The smallest absolute Gasteiger partial charge is 0.123 e. The Morgan fingerprint density at radius 3 is 2.33 bits per heavy atom. The van der Waals surface area contributed by atoms with Crippen LogP contribution in [0.2, 0.25) is 0 Å². The molecule has 0 amide bonds. The molecule has 0 radical (unpaired) electrons. The second-order valence-corrected chi connectivity index (χ2v) is 5.70. The quantitative estimate of drug-likeness (QED) is 0.523. The highest BCUT2D eigenvalue weighted by atomic mass is 79.9. The van der Waals surface area contributed by atoms with E-state index in [-0.39, 0.29) is 5.82 Å². The van der Waals surface area contributed by atoms with Crippen molar-refractivity contribution < 1.29 is 4.39 Å². The molecule has 0 aliphatic rings. The van der Waals surface area contributed by atoms with Gasteiger partial charge in [0, 0.05) is 5.33 Å². The Kier molecular flexibility index (Phi) is 7.57. The summed E-state index contributed by atoms with van der Waals surface area (Å²) < 4.78 is 12.9. The molecule has 1 aromatic rings. The molecule has 0 saturated carbocycles. The minimum absolute atomic E-state index is 0.148. The fraction of sp³-hybridized carbons (Fsp3) is 0.625. The zero-order valence-corrected chi connectivity index (χ0v) is 13.0. The lowest BCUT2D eigenvalue weighted by Gasteiger charge is -2.21. The molecule has 0 heterocycles. The summed E-state index contributed by atoms with van der Waals surface area (Å²) in [5.41, 5.74) is 1.25. The highest BCUT2D eigenvalue weighted by molar-refractivity contribution is 9.09. The van der Waals surface area contributed by atoms with E-state index in [1.54, 1.807) is 12.1 Å². The zero-order chi connectivity index (χ0) is 13.4. The first kappa shape index (κ1) is 15.7. The summed E-state index contributed by atoms with van der Waals surface area (Å²) in [6, 6.07) is 6.98. The van der Waals surface area contributed by atoms with Crippen LogP contribution in [0, 0.1) is 11.7 Å². The van der Waals surface area contributed by atoms with Crippen LogP contribution in [-0.2, 0) is 0 Å². The van der Waals surface area contributed by atoms with Gasteiger partial charge in [0.25, 0.3) is 0 Å². The molecular formula is C16H24BrF. The molecule has 0 aromatic heterocycles. The molecule has 2 unspecified atom stereocenters. The molecule has 0 nitrogen and oxygen atoms in total. The second kappa shape index (κ2) is 8.68. The molecule has 2 atom stereocenters. The molecule has 0 spiro atoms. The van der Waals surface area contributed by atoms with Crippen LogP contribution in [-0.4, -0.2) is 5.33 Å². The maximum atomic E-state index is 12.9. The van der Waals surface area contributed by atoms with Gasteiger partial charge >= 0.3 is 0 Å². The summed E-state index contributed by atoms with van der Waals surface area (Å²) in [6.45, 7) is 4.52. The van der Waals surface area contributed by atoms with Crippen molar-refractivity contribution in [3.05, 3.63) is 35.6 Å². The van der Waals surface area contributed by atoms with Crippen molar-refractivity contribution in [1.82, 2.24) is 0 Å². The maximum absolute atomic E-state index is 12.9. The summed E-state index contributed by atoms with van der Waals surface area (Å²) in [7, 11) is 0. The summed E-state index contributed by atoms with van der Waals surface area (Å²) >= 11 is 3.60. The Morgan fingerprint density at radius 1 is 1.17 bits per heavy atom. The van der Waals surface area contributed by atoms with Gasteiger partial charge < -0.3 is 0 Å². The molecule has 0 fully saturated rings. The van der Waals surface area contributed by atoms with E-state index in [0.717, 1.165) is 11.2 Å². The minimum Gasteiger partial charge on any atom is -0.207 e. The predicted octanol–water partition coefficient (Wildman–Crippen LogP) is 5.91. The van der Waals surface area contributed by atoms with Crippen molar-refractivity contribution >= 4 is 15.9 Å². The SMILES string of the molecule is CCCCC(CC)CC(CBr)c1ccc(F)cc1. The number of halogens is 2. The molecule has 1 rings (SSSR count). The molecule has 1 aromatic carbocycles. The van der Waals surface area contributed by atoms with Gasteiger partial charge in [-0.3, -0.25) is 0 Å². The van der Waals surface area contributed by atoms with Crippen molar-refractivity contribution in [2.75, 3.05) is 5.33 Å². The van der Waals surface area contributed by atoms with Crippen LogP contribution in [0.15, 0.2) is 24.3 Å². The van der Waals surface area contributed by atoms with Crippen LogP contribution < -0.4 is 0 Å². The fourth-order valence-electron chi connectivity index (χ4n) is 2.41. The maximum Gasteiger partial charge on any atom is 0.123 e. The fourth-order valence-corrected chi connectivity index (χ4v) is 3.05. The largest absolute Gasteiger partial charge is 0.207 e. The Morgan fingerprint density at radius 2 is 1.83 bits per heavy atom. The molecule has 0 bridgehead atoms. The van der Waals surface area contributed by atoms with Crippen molar-refractivity contribution in [3.63, 3.8) is 0 Å². The molecule has 0 aliphatic heterocycles. The van der Waals surface area contributed by atoms with Crippen LogP contribution >= 0.6 is 15.9 Å². The molecular weight excluding hydrogens is 291 g/mol. The zero-order valence-electron chi connectivity index (χ0n) is 11.5. The third-order valence-electron chi connectivity index (χ3n) is 3.69. The van der Waals surface area contributed by atoms with Crippen LogP contribution in [0.1, 0.15) is 57.4 Å². The molecule has 18 heavy (non-hydrogen) atoms. The average molecular weight is 315 g/mol. The minimum atomic E-state index is -0.148. The molecule has 2 heteroatoms. The van der Waals surface area contributed by atoms with E-state index in [2.05, 4.69) is 29.8 Å². The van der Waals surface area contributed by atoms with Gasteiger partial charge in [0.1, 0.15) is 5.82 Å². The van der Waals surface area contributed by atoms with Gasteiger partial charge in [0.2, 0.25) is 0 Å². The second-order valence-electron chi connectivity index (χ2n) is 5.05. The normalized spacial score (nSPS) is 14.4. The molecule has 0 aliphatic carbocycles. The highest BCUT2D eigenvalue weighted by Crippen LogP contribution is 2.30. The van der Waals surface area contributed by atoms with Gasteiger partial charge in [-0.15, -0.1) is 0 Å². The number of hydrogen-bond donors (Lipinski definition) is 0. The summed E-state index contributed by atoms with van der Waals surface area (Å²) in [5, 5.41) is 0.960. The van der Waals surface area contributed by atoms with Crippen LogP contribution in [0.5, 0.6) is 0 Å². The third-order valence-corrected chi connectivity index (χ3v) is 4.47. The van der Waals surface area contributed by atoms with Crippen molar-refractivity contribution in [3.8, 4) is 0 Å². The Balaban J connectivity index is 2.62. The standard InChI is InChI=1S/C16H24BrF/c1-3-5-6-13(4-2)11-15(12-17)14-7-9-16(18)10-8-14/h7-10,13,15H,3-6,11-12H2,1-2H3. The van der Waals surface area contributed by atoms with Gasteiger partial charge in [-0.25, -0.2) is 4.39 Å². The van der Waals surface area contributed by atoms with Crippen LogP contribution in [0.4, 0.5) is 4.39 Å². The van der Waals surface area contributed by atoms with E-state index in [1.165, 1.54) is 37.7 Å². The monoisotopic (exact) mass is 314 g/mol. The van der Waals surface area contributed by atoms with E-state index in [0.29, 0.717) is 5.92 Å². The Hall–Kier alpha value is -0.370. The van der Waals surface area contributed by atoms with Gasteiger partial charge in [-0.2, -0.15) is 0 Å². The first-order valence-electron chi connectivity index (χ1n) is 7.02. The van der Waals surface area contributed by atoms with Gasteiger partial charge in [0.05, 0.1) is 0 Å². The Bertz CT molecular complexity index is 320. The third kappa shape index (κ3) is 5.09. The van der Waals surface area contributed by atoms with Crippen LogP contribution in [0.3, 0.4) is 0 Å². The lowest BCUT2D eigenvalue weighted by molar-refractivity contribution is 0.397. The van der Waals surface area contributed by atoms with E-state index in [4.69, 9.17) is 0 Å². The molecule has 102 valence electrons. The predicted molar refractivity (Wildman–Crippen MR) is 80.9 cm³/mol. The van der Waals surface area contributed by atoms with Crippen molar-refractivity contribution in [2.45, 2.75) is 51.9 Å². The first-order chi connectivity index (χ1) is 8.71. The van der Waals surface area contributed by atoms with E-state index < -0.39 is 0 Å². The van der Waals surface area contributed by atoms with Crippen molar-refractivity contribution in [1.29, 1.82) is 0 Å². The number of unbranched alkanes of at least 4 members (excludes halogenated alkanes) is 1. The van der Waals surface area contributed by atoms with Gasteiger partial charge in [-0.1, -0.05) is 67.6 Å². The van der Waals surface area contributed by atoms with Crippen molar-refractivity contribution in [2.24, 2.45) is 5.92 Å². The summed E-state index contributed by atoms with van der Waals surface area (Å²) in [6.07, 6.45) is 6.35. The van der Waals surface area contributed by atoms with Gasteiger partial charge in [-0.05, 0) is 36.0 Å². The average Bonchev–Trinajstić information content (AvgIpc) is 2.40. The number of benzene rings is 1. The number of rotatable bonds is 8. The van der Waals surface area contributed by atoms with E-state index in [1.807, 2.05) is 12.1 Å². The lowest BCUT2D eigenvalue weighted by atomic mass is 9.86. The Labute approximate surface area is 119 Å². The molecule has 0 N–H and O–H groups in total. The van der Waals surface area contributed by atoms with Crippen LogP contribution in [0.25, 0.3) is 0 Å². The van der Waals surface area contributed by atoms with E-state index in [9.17, 15) is 4.39 Å². The molecule has 0 saturated heterocycles. The highest BCUT2D eigenvalue weighted by Gasteiger charge is 2.16. The van der Waals surface area contributed by atoms with Gasteiger partial charge in [0.15, 0.2) is 0 Å².